The third-order valence-electron chi connectivity index (χ3n) is 5.32. The Hall–Kier alpha value is -1.83. The maximum Gasteiger partial charge on any atom is 0.329 e. The second-order valence-electron chi connectivity index (χ2n) is 7.15. The highest BCUT2D eigenvalue weighted by atomic mass is 35.5. The van der Waals surface area contributed by atoms with E-state index in [0.29, 0.717) is 23.2 Å². The highest BCUT2D eigenvalue weighted by Gasteiger charge is 2.39. The van der Waals surface area contributed by atoms with E-state index in [2.05, 4.69) is 10.6 Å². The number of nitrogens with two attached hydrogens (primary N) is 1. The van der Waals surface area contributed by atoms with E-state index in [-0.39, 0.29) is 43.1 Å². The monoisotopic (exact) mass is 428 g/mol. The molecule has 3 atom stereocenters. The third-order valence-corrected chi connectivity index (χ3v) is 5.57. The van der Waals surface area contributed by atoms with Gasteiger partial charge in [-0.05, 0) is 56.0 Å². The number of carbonyl (C=O) groups excluding carboxylic acids is 3. The maximum atomic E-state index is 12.6. The van der Waals surface area contributed by atoms with Gasteiger partial charge in [0, 0.05) is 17.5 Å². The lowest BCUT2D eigenvalue weighted by atomic mass is 9.84. The molecule has 2 fully saturated rings. The van der Waals surface area contributed by atoms with Crippen LogP contribution in [0.5, 0.6) is 0 Å². The van der Waals surface area contributed by atoms with Crippen LogP contribution in [-0.4, -0.2) is 36.5 Å². The Labute approximate surface area is 175 Å². The first-order valence-electron chi connectivity index (χ1n) is 9.39. The van der Waals surface area contributed by atoms with Crippen molar-refractivity contribution in [3.05, 3.63) is 29.3 Å². The molecule has 1 saturated heterocycles. The van der Waals surface area contributed by atoms with Crippen LogP contribution in [0.15, 0.2) is 24.3 Å². The molecule has 1 aromatic carbocycles. The summed E-state index contributed by atoms with van der Waals surface area (Å²) in [7, 11) is 0. The van der Waals surface area contributed by atoms with Crippen LogP contribution in [0.25, 0.3) is 0 Å². The molecule has 1 heterocycles. The smallest absolute Gasteiger partial charge is 0.329 e. The molecular formula is C19H26Cl2N4O3. The lowest BCUT2D eigenvalue weighted by molar-refractivity contribution is -0.123. The third kappa shape index (κ3) is 5.16. The molecule has 3 unspecified atom stereocenters. The molecule has 0 aromatic heterocycles. The second-order valence-corrected chi connectivity index (χ2v) is 7.58. The fraction of sp³-hybridized carbons (Fsp3) is 0.526. The van der Waals surface area contributed by atoms with Gasteiger partial charge in [0.1, 0.15) is 6.04 Å². The zero-order valence-electron chi connectivity index (χ0n) is 15.5. The number of carbonyl (C=O) groups is 3. The van der Waals surface area contributed by atoms with Crippen LogP contribution in [0.4, 0.5) is 10.5 Å². The van der Waals surface area contributed by atoms with Gasteiger partial charge in [0.2, 0.25) is 5.91 Å². The van der Waals surface area contributed by atoms with Gasteiger partial charge < -0.3 is 16.4 Å². The zero-order valence-corrected chi connectivity index (χ0v) is 17.1. The van der Waals surface area contributed by atoms with Crippen LogP contribution in [-0.2, 0) is 9.59 Å². The number of hydrogen-bond acceptors (Lipinski definition) is 4. The minimum atomic E-state index is -0.699. The van der Waals surface area contributed by atoms with E-state index in [4.69, 9.17) is 17.3 Å². The van der Waals surface area contributed by atoms with Crippen LogP contribution in [0, 0.1) is 5.92 Å². The molecule has 0 bridgehead atoms. The summed E-state index contributed by atoms with van der Waals surface area (Å²) in [5.41, 5.74) is 6.26. The van der Waals surface area contributed by atoms with Crippen LogP contribution in [0.2, 0.25) is 5.02 Å². The van der Waals surface area contributed by atoms with E-state index in [1.807, 2.05) is 0 Å². The number of amides is 4. The molecule has 4 N–H and O–H groups in total. The van der Waals surface area contributed by atoms with E-state index in [9.17, 15) is 14.4 Å². The van der Waals surface area contributed by atoms with Crippen molar-refractivity contribution in [2.75, 3.05) is 11.4 Å². The average Bonchev–Trinajstić information content (AvgIpc) is 2.95. The Morgan fingerprint density at radius 3 is 2.57 bits per heavy atom. The molecule has 1 saturated carbocycles. The van der Waals surface area contributed by atoms with Gasteiger partial charge in [-0.1, -0.05) is 24.4 Å². The van der Waals surface area contributed by atoms with Gasteiger partial charge in [-0.15, -0.1) is 12.4 Å². The first-order valence-corrected chi connectivity index (χ1v) is 9.77. The summed E-state index contributed by atoms with van der Waals surface area (Å²) in [6, 6.07) is 5.40. The fourth-order valence-corrected chi connectivity index (χ4v) is 3.92. The summed E-state index contributed by atoms with van der Waals surface area (Å²) in [5, 5.41) is 6.22. The van der Waals surface area contributed by atoms with Crippen molar-refractivity contribution in [3.8, 4) is 0 Å². The van der Waals surface area contributed by atoms with Crippen LogP contribution < -0.4 is 21.3 Å². The predicted octanol–water partition coefficient (Wildman–Crippen LogP) is 2.60. The molecule has 3 rings (SSSR count). The molecule has 1 aromatic rings. The standard InChI is InChI=1S/C19H25ClN4O3.ClH/c20-13-5-7-14(8-6-13)24-18(26)16(23-19(24)27)9-10-17(25)22-15-4-2-1-3-12(15)11-21;/h5-8,12,15-16H,1-4,9-11,21H2,(H,22,25)(H,23,27);1H. The Morgan fingerprint density at radius 1 is 1.21 bits per heavy atom. The SMILES string of the molecule is Cl.NCC1CCCCC1NC(=O)CCC1NC(=O)N(c2ccc(Cl)cc2)C1=O. The maximum absolute atomic E-state index is 12.6. The van der Waals surface area contributed by atoms with Crippen molar-refractivity contribution >= 4 is 47.5 Å². The molecular weight excluding hydrogens is 403 g/mol. The molecule has 28 heavy (non-hydrogen) atoms. The molecule has 2 aliphatic rings. The van der Waals surface area contributed by atoms with Gasteiger partial charge in [0.15, 0.2) is 0 Å². The number of urea groups is 1. The summed E-state index contributed by atoms with van der Waals surface area (Å²) in [6.45, 7) is 0.568. The van der Waals surface area contributed by atoms with Crippen molar-refractivity contribution in [1.29, 1.82) is 0 Å². The quantitative estimate of drug-likeness (QED) is 0.605. The van der Waals surface area contributed by atoms with Crippen molar-refractivity contribution < 1.29 is 14.4 Å². The summed E-state index contributed by atoms with van der Waals surface area (Å²) in [5.74, 6) is -0.143. The zero-order chi connectivity index (χ0) is 19.4. The van der Waals surface area contributed by atoms with Crippen LogP contribution >= 0.6 is 24.0 Å². The van der Waals surface area contributed by atoms with Crippen molar-refractivity contribution in [1.82, 2.24) is 10.6 Å². The number of rotatable bonds is 6. The first-order chi connectivity index (χ1) is 13.0. The molecule has 154 valence electrons. The predicted molar refractivity (Wildman–Crippen MR) is 111 cm³/mol. The summed E-state index contributed by atoms with van der Waals surface area (Å²) in [4.78, 5) is 38.1. The van der Waals surface area contributed by atoms with Crippen LogP contribution in [0.3, 0.4) is 0 Å². The summed E-state index contributed by atoms with van der Waals surface area (Å²) >= 11 is 5.85. The average molecular weight is 429 g/mol. The molecule has 4 amide bonds. The number of nitrogens with zero attached hydrogens (tertiary/aromatic N) is 1. The van der Waals surface area contributed by atoms with Gasteiger partial charge >= 0.3 is 6.03 Å². The number of hydrogen-bond donors (Lipinski definition) is 3. The molecule has 1 aliphatic carbocycles. The number of nitrogens with one attached hydrogen (secondary N) is 2. The van der Waals surface area contributed by atoms with E-state index >= 15 is 0 Å². The Balaban J connectivity index is 0.00000280. The van der Waals surface area contributed by atoms with Crippen molar-refractivity contribution in [2.45, 2.75) is 50.6 Å². The number of benzene rings is 1. The van der Waals surface area contributed by atoms with E-state index in [1.165, 1.54) is 0 Å². The number of anilines is 1. The second kappa shape index (κ2) is 10.1. The fourth-order valence-electron chi connectivity index (χ4n) is 3.80. The number of halogens is 2. The molecule has 7 nitrogen and oxygen atoms in total. The lowest BCUT2D eigenvalue weighted by Gasteiger charge is -2.31. The lowest BCUT2D eigenvalue weighted by Crippen LogP contribution is -2.45. The van der Waals surface area contributed by atoms with Crippen LogP contribution in [0.1, 0.15) is 38.5 Å². The first kappa shape index (κ1) is 22.5. The summed E-state index contributed by atoms with van der Waals surface area (Å²) in [6.07, 6.45) is 4.66. The highest BCUT2D eigenvalue weighted by Crippen LogP contribution is 2.25. The van der Waals surface area contributed by atoms with Crippen molar-refractivity contribution in [3.63, 3.8) is 0 Å². The number of imide groups is 1. The Kier molecular flexibility index (Phi) is 8.10. The molecule has 9 heteroatoms. The molecule has 0 spiro atoms. The van der Waals surface area contributed by atoms with Gasteiger partial charge in [0.05, 0.1) is 5.69 Å². The van der Waals surface area contributed by atoms with E-state index in [1.54, 1.807) is 24.3 Å². The Morgan fingerprint density at radius 2 is 1.89 bits per heavy atom. The summed E-state index contributed by atoms with van der Waals surface area (Å²) < 4.78 is 0. The minimum Gasteiger partial charge on any atom is -0.353 e. The van der Waals surface area contributed by atoms with E-state index < -0.39 is 12.1 Å². The van der Waals surface area contributed by atoms with Gasteiger partial charge in [-0.2, -0.15) is 0 Å². The Bertz CT molecular complexity index is 714. The van der Waals surface area contributed by atoms with E-state index in [0.717, 1.165) is 30.6 Å². The normalized spacial score (nSPS) is 24.5. The van der Waals surface area contributed by atoms with Gasteiger partial charge in [-0.3, -0.25) is 9.59 Å². The minimum absolute atomic E-state index is 0. The van der Waals surface area contributed by atoms with Gasteiger partial charge in [-0.25, -0.2) is 9.69 Å². The van der Waals surface area contributed by atoms with Gasteiger partial charge in [0.25, 0.3) is 5.91 Å². The molecule has 0 radical (unpaired) electrons. The topological polar surface area (TPSA) is 105 Å². The largest absolute Gasteiger partial charge is 0.353 e. The van der Waals surface area contributed by atoms with Crippen molar-refractivity contribution in [2.24, 2.45) is 11.7 Å². The molecule has 1 aliphatic heterocycles. The highest BCUT2D eigenvalue weighted by molar-refractivity contribution is 6.30.